The van der Waals surface area contributed by atoms with E-state index in [1.54, 1.807) is 0 Å². The van der Waals surface area contributed by atoms with Gasteiger partial charge in [0.1, 0.15) is 0 Å². The summed E-state index contributed by atoms with van der Waals surface area (Å²) in [6, 6.07) is 5.95. The molecule has 1 aromatic rings. The van der Waals surface area contributed by atoms with E-state index in [4.69, 9.17) is 27.9 Å². The van der Waals surface area contributed by atoms with Gasteiger partial charge in [-0.25, -0.2) is 0 Å². The molecule has 112 valence electrons. The predicted octanol–water partition coefficient (Wildman–Crippen LogP) is 4.04. The van der Waals surface area contributed by atoms with Gasteiger partial charge in [-0.15, -0.1) is 0 Å². The van der Waals surface area contributed by atoms with E-state index in [1.807, 2.05) is 30.0 Å². The number of hydrogen-bond donors (Lipinski definition) is 1. The molecule has 2 unspecified atom stereocenters. The predicted molar refractivity (Wildman–Crippen MR) is 89.3 cm³/mol. The second-order valence-corrected chi connectivity index (χ2v) is 6.91. The first-order valence-electron chi connectivity index (χ1n) is 7.08. The van der Waals surface area contributed by atoms with Crippen molar-refractivity contribution in [2.45, 2.75) is 31.9 Å². The Morgan fingerprint density at radius 1 is 1.40 bits per heavy atom. The Morgan fingerprint density at radius 2 is 2.15 bits per heavy atom. The van der Waals surface area contributed by atoms with Crippen molar-refractivity contribution in [1.29, 1.82) is 0 Å². The number of nitrogens with one attached hydrogen (secondary N) is 1. The zero-order chi connectivity index (χ0) is 14.4. The number of rotatable bonds is 6. The van der Waals surface area contributed by atoms with Crippen LogP contribution in [0.2, 0.25) is 10.0 Å². The third kappa shape index (κ3) is 4.54. The van der Waals surface area contributed by atoms with E-state index >= 15 is 0 Å². The summed E-state index contributed by atoms with van der Waals surface area (Å²) >= 11 is 14.5. The summed E-state index contributed by atoms with van der Waals surface area (Å²) in [7, 11) is 0. The van der Waals surface area contributed by atoms with Crippen molar-refractivity contribution >= 4 is 35.0 Å². The van der Waals surface area contributed by atoms with Crippen LogP contribution in [0.1, 0.15) is 18.9 Å². The topological polar surface area (TPSA) is 21.3 Å². The van der Waals surface area contributed by atoms with Crippen LogP contribution in [-0.4, -0.2) is 36.8 Å². The molecular formula is C15H21Cl2NOS. The number of hydrogen-bond acceptors (Lipinski definition) is 3. The highest BCUT2D eigenvalue weighted by atomic mass is 35.5. The van der Waals surface area contributed by atoms with Crippen molar-refractivity contribution in [3.8, 4) is 0 Å². The first-order valence-corrected chi connectivity index (χ1v) is 8.99. The number of ether oxygens (including phenoxy) is 1. The van der Waals surface area contributed by atoms with Gasteiger partial charge in [-0.05, 0) is 37.1 Å². The molecular weight excluding hydrogens is 313 g/mol. The van der Waals surface area contributed by atoms with Gasteiger partial charge in [0, 0.05) is 27.6 Å². The Bertz CT molecular complexity index is 404. The van der Waals surface area contributed by atoms with Crippen LogP contribution in [-0.2, 0) is 11.2 Å². The van der Waals surface area contributed by atoms with Crippen molar-refractivity contribution in [3.05, 3.63) is 33.8 Å². The van der Waals surface area contributed by atoms with Crippen LogP contribution in [0.3, 0.4) is 0 Å². The van der Waals surface area contributed by atoms with Crippen LogP contribution in [0.15, 0.2) is 18.2 Å². The molecule has 2 rings (SSSR count). The fourth-order valence-corrected chi connectivity index (χ4v) is 3.84. The fraction of sp³-hybridized carbons (Fsp3) is 0.600. The van der Waals surface area contributed by atoms with E-state index in [1.165, 1.54) is 0 Å². The Hall–Kier alpha value is 0.0700. The Balaban J connectivity index is 2.09. The van der Waals surface area contributed by atoms with Gasteiger partial charge in [0.2, 0.25) is 0 Å². The fourth-order valence-electron chi connectivity index (χ4n) is 2.35. The lowest BCUT2D eigenvalue weighted by atomic mass is 10.0. The smallest absolute Gasteiger partial charge is 0.0821 e. The zero-order valence-corrected chi connectivity index (χ0v) is 14.0. The van der Waals surface area contributed by atoms with Crippen molar-refractivity contribution in [1.82, 2.24) is 5.32 Å². The average molecular weight is 334 g/mol. The largest absolute Gasteiger partial charge is 0.375 e. The molecule has 0 amide bonds. The SMILES string of the molecule is CCCNC(Cc1c(Cl)cccc1Cl)C1CSCCO1. The third-order valence-corrected chi connectivity index (χ3v) is 5.16. The van der Waals surface area contributed by atoms with Gasteiger partial charge in [-0.2, -0.15) is 11.8 Å². The average Bonchev–Trinajstić information content (AvgIpc) is 2.47. The number of halogens is 2. The number of benzene rings is 1. The highest BCUT2D eigenvalue weighted by molar-refractivity contribution is 7.99. The van der Waals surface area contributed by atoms with Gasteiger partial charge in [0.15, 0.2) is 0 Å². The summed E-state index contributed by atoms with van der Waals surface area (Å²) in [4.78, 5) is 0. The lowest BCUT2D eigenvalue weighted by Gasteiger charge is -2.31. The molecule has 0 bridgehead atoms. The second-order valence-electron chi connectivity index (χ2n) is 4.95. The summed E-state index contributed by atoms with van der Waals surface area (Å²) < 4.78 is 5.92. The Morgan fingerprint density at radius 3 is 2.75 bits per heavy atom. The maximum absolute atomic E-state index is 6.29. The van der Waals surface area contributed by atoms with Gasteiger partial charge in [-0.3, -0.25) is 0 Å². The Kier molecular flexibility index (Phi) is 6.99. The van der Waals surface area contributed by atoms with E-state index in [2.05, 4.69) is 12.2 Å². The third-order valence-electron chi connectivity index (χ3n) is 3.43. The molecule has 1 saturated heterocycles. The molecule has 0 saturated carbocycles. The monoisotopic (exact) mass is 333 g/mol. The molecule has 1 aromatic carbocycles. The molecule has 0 spiro atoms. The van der Waals surface area contributed by atoms with Crippen molar-refractivity contribution in [3.63, 3.8) is 0 Å². The lowest BCUT2D eigenvalue weighted by Crippen LogP contribution is -2.46. The second kappa shape index (κ2) is 8.50. The summed E-state index contributed by atoms with van der Waals surface area (Å²) in [5, 5.41) is 5.07. The standard InChI is InChI=1S/C15H21Cl2NOS/c1-2-6-18-14(15-10-20-8-7-19-15)9-11-12(16)4-3-5-13(11)17/h3-5,14-15,18H,2,6-10H2,1H3. The highest BCUT2D eigenvalue weighted by Crippen LogP contribution is 2.27. The summed E-state index contributed by atoms with van der Waals surface area (Å²) in [5.41, 5.74) is 1.02. The molecule has 1 N–H and O–H groups in total. The van der Waals surface area contributed by atoms with Gasteiger partial charge >= 0.3 is 0 Å². The minimum absolute atomic E-state index is 0.229. The van der Waals surface area contributed by atoms with Crippen molar-refractivity contribution < 1.29 is 4.74 Å². The van der Waals surface area contributed by atoms with Crippen LogP contribution in [0.25, 0.3) is 0 Å². The summed E-state index contributed by atoms with van der Waals surface area (Å²) in [6.45, 7) is 3.98. The number of thioether (sulfide) groups is 1. The van der Waals surface area contributed by atoms with E-state index in [0.717, 1.165) is 53.1 Å². The van der Waals surface area contributed by atoms with Gasteiger partial charge < -0.3 is 10.1 Å². The van der Waals surface area contributed by atoms with Crippen LogP contribution < -0.4 is 5.32 Å². The molecule has 2 nitrogen and oxygen atoms in total. The van der Waals surface area contributed by atoms with Gasteiger partial charge in [-0.1, -0.05) is 36.2 Å². The van der Waals surface area contributed by atoms with Crippen molar-refractivity contribution in [2.75, 3.05) is 24.7 Å². The highest BCUT2D eigenvalue weighted by Gasteiger charge is 2.26. The maximum atomic E-state index is 6.29. The van der Waals surface area contributed by atoms with Gasteiger partial charge in [0.05, 0.1) is 12.7 Å². The minimum Gasteiger partial charge on any atom is -0.375 e. The van der Waals surface area contributed by atoms with Crippen LogP contribution in [0, 0.1) is 0 Å². The molecule has 0 radical (unpaired) electrons. The lowest BCUT2D eigenvalue weighted by molar-refractivity contribution is 0.0472. The van der Waals surface area contributed by atoms with Crippen LogP contribution in [0.5, 0.6) is 0 Å². The quantitative estimate of drug-likeness (QED) is 0.848. The van der Waals surface area contributed by atoms with Crippen LogP contribution in [0.4, 0.5) is 0 Å². The molecule has 2 atom stereocenters. The molecule has 5 heteroatoms. The van der Waals surface area contributed by atoms with Gasteiger partial charge in [0.25, 0.3) is 0 Å². The van der Waals surface area contributed by atoms with E-state index in [-0.39, 0.29) is 12.1 Å². The van der Waals surface area contributed by atoms with Crippen LogP contribution >= 0.6 is 35.0 Å². The normalized spacial score (nSPS) is 20.9. The molecule has 1 aliphatic heterocycles. The summed E-state index contributed by atoms with van der Waals surface area (Å²) in [5.74, 6) is 2.12. The van der Waals surface area contributed by atoms with E-state index in [9.17, 15) is 0 Å². The molecule has 20 heavy (non-hydrogen) atoms. The van der Waals surface area contributed by atoms with E-state index < -0.39 is 0 Å². The maximum Gasteiger partial charge on any atom is 0.0821 e. The molecule has 1 aliphatic rings. The zero-order valence-electron chi connectivity index (χ0n) is 11.7. The molecule has 0 aliphatic carbocycles. The molecule has 1 fully saturated rings. The minimum atomic E-state index is 0.229. The summed E-state index contributed by atoms with van der Waals surface area (Å²) in [6.07, 6.45) is 2.14. The first kappa shape index (κ1) is 16.4. The Labute approximate surface area is 135 Å². The molecule has 0 aromatic heterocycles. The van der Waals surface area contributed by atoms with E-state index in [0.29, 0.717) is 0 Å². The first-order chi connectivity index (χ1) is 9.72. The molecule has 1 heterocycles. The van der Waals surface area contributed by atoms with Crippen molar-refractivity contribution in [2.24, 2.45) is 0 Å².